The van der Waals surface area contributed by atoms with E-state index in [0.717, 1.165) is 5.39 Å². The number of aromatic nitrogens is 1. The van der Waals surface area contributed by atoms with E-state index in [1.807, 2.05) is 0 Å². The van der Waals surface area contributed by atoms with E-state index in [9.17, 15) is 14.7 Å². The van der Waals surface area contributed by atoms with Gasteiger partial charge in [-0.05, 0) is 38.5 Å². The maximum absolute atomic E-state index is 11.9. The van der Waals surface area contributed by atoms with E-state index < -0.39 is 23.7 Å². The maximum Gasteiger partial charge on any atom is 0.408 e. The van der Waals surface area contributed by atoms with Gasteiger partial charge in [-0.3, -0.25) is 0 Å². The van der Waals surface area contributed by atoms with Gasteiger partial charge in [-0.25, -0.2) is 14.6 Å². The Balaban J connectivity index is 1.84. The number of hydrogen-bond donors (Lipinski definition) is 2. The lowest BCUT2D eigenvalue weighted by Crippen LogP contribution is -2.44. The minimum absolute atomic E-state index is 0.0508. The van der Waals surface area contributed by atoms with Crippen molar-refractivity contribution in [1.82, 2.24) is 10.3 Å². The fraction of sp³-hybridized carbons (Fsp3) is 0.389. The van der Waals surface area contributed by atoms with Crippen LogP contribution in [0.15, 0.2) is 18.2 Å². The van der Waals surface area contributed by atoms with Gasteiger partial charge in [0, 0.05) is 17.9 Å². The fourth-order valence-corrected chi connectivity index (χ4v) is 2.82. The number of fused-ring (bicyclic) bond motifs is 2. The predicted molar refractivity (Wildman–Crippen MR) is 97.4 cm³/mol. The molecule has 0 aliphatic carbocycles. The van der Waals surface area contributed by atoms with Crippen molar-refractivity contribution in [2.75, 3.05) is 6.79 Å². The normalized spacial score (nSPS) is 14.1. The molecule has 3 rings (SSSR count). The topological polar surface area (TPSA) is 107 Å². The number of halogens is 1. The van der Waals surface area contributed by atoms with Crippen LogP contribution in [0.5, 0.6) is 11.5 Å². The molecule has 2 N–H and O–H groups in total. The molecule has 0 saturated carbocycles. The molecule has 0 spiro atoms. The highest BCUT2D eigenvalue weighted by molar-refractivity contribution is 6.30. The Hall–Kier alpha value is -2.74. The molecule has 2 aromatic rings. The van der Waals surface area contributed by atoms with E-state index in [1.165, 1.54) is 0 Å². The lowest BCUT2D eigenvalue weighted by molar-refractivity contribution is -0.139. The highest BCUT2D eigenvalue weighted by Gasteiger charge is 2.25. The Morgan fingerprint density at radius 3 is 2.59 bits per heavy atom. The molecule has 0 saturated heterocycles. The van der Waals surface area contributed by atoms with Crippen LogP contribution in [0.1, 0.15) is 26.3 Å². The van der Waals surface area contributed by atoms with Crippen molar-refractivity contribution in [3.05, 3.63) is 28.9 Å². The van der Waals surface area contributed by atoms with Crippen molar-refractivity contribution in [3.8, 4) is 11.5 Å². The molecule has 2 heterocycles. The number of carboxylic acid groups (broad SMARTS) is 1. The minimum Gasteiger partial charge on any atom is -0.480 e. The standard InChI is InChI=1S/C18H19ClN2O6/c1-18(2,3)27-17(24)21-12(16(22)23)5-10-4-9-6-13-14(26-8-25-13)7-11(9)20-15(10)19/h4,6-7,12H,5,8H2,1-3H3,(H,21,24)(H,22,23). The second kappa shape index (κ2) is 7.11. The third-order valence-corrected chi connectivity index (χ3v) is 4.08. The van der Waals surface area contributed by atoms with Crippen molar-refractivity contribution >= 4 is 34.6 Å². The van der Waals surface area contributed by atoms with Gasteiger partial charge in [0.15, 0.2) is 11.5 Å². The molecule has 8 nitrogen and oxygen atoms in total. The number of carbonyl (C=O) groups is 2. The van der Waals surface area contributed by atoms with Crippen LogP contribution in [0.2, 0.25) is 5.15 Å². The first-order valence-electron chi connectivity index (χ1n) is 8.23. The van der Waals surface area contributed by atoms with Crippen molar-refractivity contribution in [1.29, 1.82) is 0 Å². The van der Waals surface area contributed by atoms with E-state index in [-0.39, 0.29) is 18.4 Å². The van der Waals surface area contributed by atoms with Crippen LogP contribution in [0, 0.1) is 0 Å². The van der Waals surface area contributed by atoms with Crippen molar-refractivity contribution in [2.45, 2.75) is 38.8 Å². The summed E-state index contributed by atoms with van der Waals surface area (Å²) in [6, 6.07) is 3.97. The zero-order valence-corrected chi connectivity index (χ0v) is 15.8. The van der Waals surface area contributed by atoms with Crippen molar-refractivity contribution in [2.24, 2.45) is 0 Å². The zero-order chi connectivity index (χ0) is 19.8. The summed E-state index contributed by atoms with van der Waals surface area (Å²) in [5.74, 6) is -0.0456. The molecule has 1 amide bonds. The minimum atomic E-state index is -1.22. The first-order valence-corrected chi connectivity index (χ1v) is 8.61. The third kappa shape index (κ3) is 4.51. The number of ether oxygens (including phenoxy) is 3. The quantitative estimate of drug-likeness (QED) is 0.767. The summed E-state index contributed by atoms with van der Waals surface area (Å²) in [6.07, 6.45) is -0.867. The van der Waals surface area contributed by atoms with Gasteiger partial charge < -0.3 is 24.6 Å². The van der Waals surface area contributed by atoms with Gasteiger partial charge in [0.25, 0.3) is 0 Å². The van der Waals surface area contributed by atoms with E-state index >= 15 is 0 Å². The van der Waals surface area contributed by atoms with Crippen LogP contribution in [0.25, 0.3) is 10.9 Å². The monoisotopic (exact) mass is 394 g/mol. The highest BCUT2D eigenvalue weighted by Crippen LogP contribution is 2.36. The second-order valence-corrected chi connectivity index (χ2v) is 7.44. The average Bonchev–Trinajstić information content (AvgIpc) is 2.98. The van der Waals surface area contributed by atoms with Gasteiger partial charge in [-0.2, -0.15) is 0 Å². The lowest BCUT2D eigenvalue weighted by atomic mass is 10.1. The summed E-state index contributed by atoms with van der Waals surface area (Å²) in [7, 11) is 0. The van der Waals surface area contributed by atoms with E-state index in [1.54, 1.807) is 39.0 Å². The molecule has 1 aromatic heterocycles. The van der Waals surface area contributed by atoms with Crippen LogP contribution >= 0.6 is 11.6 Å². The van der Waals surface area contributed by atoms with E-state index in [0.29, 0.717) is 22.6 Å². The predicted octanol–water partition coefficient (Wildman–Crippen LogP) is 3.14. The van der Waals surface area contributed by atoms with Crippen LogP contribution < -0.4 is 14.8 Å². The largest absolute Gasteiger partial charge is 0.480 e. The summed E-state index contributed by atoms with van der Waals surface area (Å²) < 4.78 is 15.8. The number of hydrogen-bond acceptors (Lipinski definition) is 6. The van der Waals surface area contributed by atoms with E-state index in [2.05, 4.69) is 10.3 Å². The Bertz CT molecular complexity index is 909. The molecule has 27 heavy (non-hydrogen) atoms. The van der Waals surface area contributed by atoms with Gasteiger partial charge in [-0.15, -0.1) is 0 Å². The van der Waals surface area contributed by atoms with Crippen LogP contribution in [-0.4, -0.2) is 40.6 Å². The third-order valence-electron chi connectivity index (χ3n) is 3.75. The molecule has 0 fully saturated rings. The molecule has 1 aliphatic heterocycles. The average molecular weight is 395 g/mol. The molecular formula is C18H19ClN2O6. The number of aliphatic carboxylic acids is 1. The number of benzene rings is 1. The first-order chi connectivity index (χ1) is 12.6. The number of carbonyl (C=O) groups excluding carboxylic acids is 1. The number of alkyl carbamates (subject to hydrolysis) is 1. The SMILES string of the molecule is CC(C)(C)OC(=O)NC(Cc1cc2cc3c(cc2nc1Cl)OCO3)C(=O)O. The number of carboxylic acids is 1. The molecular weight excluding hydrogens is 376 g/mol. The summed E-state index contributed by atoms with van der Waals surface area (Å²) >= 11 is 6.23. The molecule has 1 aromatic carbocycles. The summed E-state index contributed by atoms with van der Waals surface area (Å²) in [6.45, 7) is 5.21. The highest BCUT2D eigenvalue weighted by atomic mass is 35.5. The van der Waals surface area contributed by atoms with Gasteiger partial charge in [0.05, 0.1) is 5.52 Å². The van der Waals surface area contributed by atoms with Gasteiger partial charge in [-0.1, -0.05) is 11.6 Å². The number of rotatable bonds is 4. The van der Waals surface area contributed by atoms with Crippen LogP contribution in [0.3, 0.4) is 0 Å². The molecule has 1 atom stereocenters. The molecule has 1 unspecified atom stereocenters. The number of nitrogens with zero attached hydrogens (tertiary/aromatic N) is 1. The van der Waals surface area contributed by atoms with Crippen molar-refractivity contribution in [3.63, 3.8) is 0 Å². The van der Waals surface area contributed by atoms with Gasteiger partial charge in [0.2, 0.25) is 6.79 Å². The Morgan fingerprint density at radius 1 is 1.30 bits per heavy atom. The maximum atomic E-state index is 11.9. The van der Waals surface area contributed by atoms with Crippen LogP contribution in [-0.2, 0) is 16.0 Å². The van der Waals surface area contributed by atoms with Crippen molar-refractivity contribution < 1.29 is 28.9 Å². The zero-order valence-electron chi connectivity index (χ0n) is 15.0. The summed E-state index contributed by atoms with van der Waals surface area (Å²) in [4.78, 5) is 27.8. The lowest BCUT2D eigenvalue weighted by Gasteiger charge is -2.22. The van der Waals surface area contributed by atoms with Crippen LogP contribution in [0.4, 0.5) is 4.79 Å². The number of nitrogens with one attached hydrogen (secondary N) is 1. The van der Waals surface area contributed by atoms with Gasteiger partial charge >= 0.3 is 12.1 Å². The first kappa shape index (κ1) is 19.0. The van der Waals surface area contributed by atoms with Gasteiger partial charge in [0.1, 0.15) is 16.8 Å². The molecule has 9 heteroatoms. The molecule has 0 radical (unpaired) electrons. The Labute approximate surface area is 160 Å². The molecule has 0 bridgehead atoms. The number of amides is 1. The summed E-state index contributed by atoms with van der Waals surface area (Å²) in [5, 5.41) is 12.7. The Kier molecular flexibility index (Phi) is 5.01. The molecule has 144 valence electrons. The second-order valence-electron chi connectivity index (χ2n) is 7.08. The molecule has 1 aliphatic rings. The smallest absolute Gasteiger partial charge is 0.408 e. The Morgan fingerprint density at radius 2 is 1.96 bits per heavy atom. The summed E-state index contributed by atoms with van der Waals surface area (Å²) in [5.41, 5.74) is 0.337. The number of pyridine rings is 1. The fourth-order valence-electron chi connectivity index (χ4n) is 2.60. The van der Waals surface area contributed by atoms with E-state index in [4.69, 9.17) is 25.8 Å².